The lowest BCUT2D eigenvalue weighted by molar-refractivity contribution is -0.122. The van der Waals surface area contributed by atoms with Gasteiger partial charge in [-0.2, -0.15) is 4.98 Å². The molecule has 3 aromatic rings. The van der Waals surface area contributed by atoms with Gasteiger partial charge in [-0.3, -0.25) is 9.36 Å². The summed E-state index contributed by atoms with van der Waals surface area (Å²) in [6.45, 7) is 2.29. The fraction of sp³-hybridized carbons (Fsp3) is 0.480. The number of halogens is 3. The maximum absolute atomic E-state index is 14.8. The molecule has 11 nitrogen and oxygen atoms in total. The lowest BCUT2D eigenvalue weighted by atomic mass is 9.85. The Kier molecular flexibility index (Phi) is 7.43. The van der Waals surface area contributed by atoms with Gasteiger partial charge in [-0.05, 0) is 57.6 Å². The van der Waals surface area contributed by atoms with Crippen LogP contribution < -0.4 is 16.4 Å². The first-order valence-electron chi connectivity index (χ1n) is 12.8. The van der Waals surface area contributed by atoms with Gasteiger partial charge < -0.3 is 26.4 Å². The average Bonchev–Trinajstić information content (AvgIpc) is 3.27. The van der Waals surface area contributed by atoms with Crippen LogP contribution in [0.15, 0.2) is 18.3 Å². The van der Waals surface area contributed by atoms with Crippen molar-refractivity contribution in [3.63, 3.8) is 0 Å². The number of amides is 2. The summed E-state index contributed by atoms with van der Waals surface area (Å²) < 4.78 is 31.1. The Morgan fingerprint density at radius 3 is 2.59 bits per heavy atom. The molecule has 2 unspecified atom stereocenters. The van der Waals surface area contributed by atoms with Crippen LogP contribution in [-0.2, 0) is 4.79 Å². The SMILES string of the molecule is CC1C(Nc2ncc3nc(Nc4c(F)ccc(Cl)c4F)n(C4CCC(C(N)=O)CC4)c3n2)CCCN1C(=O)O. The Labute approximate surface area is 227 Å². The molecule has 14 heteroatoms. The minimum absolute atomic E-state index is 0.155. The molecule has 208 valence electrons. The summed E-state index contributed by atoms with van der Waals surface area (Å²) in [7, 11) is 0. The number of fused-ring (bicyclic) bond motifs is 1. The number of hydrogen-bond donors (Lipinski definition) is 4. The van der Waals surface area contributed by atoms with Gasteiger partial charge in [0.25, 0.3) is 0 Å². The third-order valence-electron chi connectivity index (χ3n) is 7.73. The van der Waals surface area contributed by atoms with E-state index in [4.69, 9.17) is 22.3 Å². The van der Waals surface area contributed by atoms with E-state index in [-0.39, 0.29) is 46.9 Å². The number of carboxylic acid groups (broad SMARTS) is 1. The Hall–Kier alpha value is -3.74. The summed E-state index contributed by atoms with van der Waals surface area (Å²) in [5, 5.41) is 15.3. The second kappa shape index (κ2) is 10.8. The normalized spacial score (nSPS) is 23.5. The largest absolute Gasteiger partial charge is 0.465 e. The predicted molar refractivity (Wildman–Crippen MR) is 141 cm³/mol. The number of rotatable bonds is 6. The molecular formula is C25H29ClF2N8O3. The van der Waals surface area contributed by atoms with E-state index in [1.54, 1.807) is 4.57 Å². The Balaban J connectivity index is 1.52. The molecule has 1 saturated heterocycles. The number of imidazole rings is 1. The highest BCUT2D eigenvalue weighted by atomic mass is 35.5. The quantitative estimate of drug-likeness (QED) is 0.317. The maximum Gasteiger partial charge on any atom is 0.407 e. The second-order valence-electron chi connectivity index (χ2n) is 10.1. The summed E-state index contributed by atoms with van der Waals surface area (Å²) in [5.74, 6) is -1.94. The van der Waals surface area contributed by atoms with Crippen LogP contribution in [0.1, 0.15) is 51.5 Å². The van der Waals surface area contributed by atoms with Gasteiger partial charge in [0, 0.05) is 24.5 Å². The van der Waals surface area contributed by atoms with Gasteiger partial charge in [0.05, 0.1) is 17.3 Å². The number of benzene rings is 1. The zero-order valence-electron chi connectivity index (χ0n) is 21.2. The number of primary amides is 1. The number of carbonyl (C=O) groups is 2. The van der Waals surface area contributed by atoms with Crippen molar-refractivity contribution in [1.29, 1.82) is 0 Å². The molecule has 0 radical (unpaired) electrons. The van der Waals surface area contributed by atoms with Gasteiger partial charge in [0.15, 0.2) is 11.5 Å². The molecule has 2 aromatic heterocycles. The van der Waals surface area contributed by atoms with E-state index in [9.17, 15) is 23.5 Å². The van der Waals surface area contributed by atoms with E-state index in [2.05, 4.69) is 20.6 Å². The molecule has 1 aliphatic carbocycles. The summed E-state index contributed by atoms with van der Waals surface area (Å²) in [4.78, 5) is 38.3. The van der Waals surface area contributed by atoms with Crippen molar-refractivity contribution < 1.29 is 23.5 Å². The van der Waals surface area contributed by atoms with Crippen LogP contribution in [0.25, 0.3) is 11.2 Å². The van der Waals surface area contributed by atoms with Gasteiger partial charge in [-0.25, -0.2) is 23.5 Å². The third-order valence-corrected chi connectivity index (χ3v) is 8.02. The van der Waals surface area contributed by atoms with Gasteiger partial charge in [-0.15, -0.1) is 0 Å². The van der Waals surface area contributed by atoms with Crippen LogP contribution in [0.4, 0.5) is 31.2 Å². The maximum atomic E-state index is 14.8. The molecule has 0 spiro atoms. The van der Waals surface area contributed by atoms with Gasteiger partial charge >= 0.3 is 6.09 Å². The molecule has 5 N–H and O–H groups in total. The summed E-state index contributed by atoms with van der Waals surface area (Å²) >= 11 is 5.90. The molecule has 3 heterocycles. The first-order valence-corrected chi connectivity index (χ1v) is 13.2. The molecule has 2 atom stereocenters. The molecule has 2 amide bonds. The highest BCUT2D eigenvalue weighted by Gasteiger charge is 2.33. The van der Waals surface area contributed by atoms with Crippen molar-refractivity contribution in [2.45, 2.75) is 63.6 Å². The topological polar surface area (TPSA) is 151 Å². The lowest BCUT2D eigenvalue weighted by Crippen LogP contribution is -2.51. The second-order valence-corrected chi connectivity index (χ2v) is 10.5. The summed E-state index contributed by atoms with van der Waals surface area (Å²) in [5.41, 5.74) is 5.90. The molecule has 1 aromatic carbocycles. The Morgan fingerprint density at radius 2 is 1.90 bits per heavy atom. The van der Waals surface area contributed by atoms with Crippen molar-refractivity contribution >= 4 is 52.3 Å². The number of nitrogens with two attached hydrogens (primary N) is 1. The van der Waals surface area contributed by atoms with Gasteiger partial charge in [-0.1, -0.05) is 11.6 Å². The first-order chi connectivity index (χ1) is 18.6. The number of aromatic nitrogens is 4. The highest BCUT2D eigenvalue weighted by molar-refractivity contribution is 6.31. The smallest absolute Gasteiger partial charge is 0.407 e. The van der Waals surface area contributed by atoms with Crippen LogP contribution >= 0.6 is 11.6 Å². The van der Waals surface area contributed by atoms with Gasteiger partial charge in [0.2, 0.25) is 17.8 Å². The van der Waals surface area contributed by atoms with Crippen LogP contribution in [0, 0.1) is 17.6 Å². The van der Waals surface area contributed by atoms with E-state index >= 15 is 0 Å². The number of nitrogens with zero attached hydrogens (tertiary/aromatic N) is 5. The molecular weight excluding hydrogens is 534 g/mol. The zero-order chi connectivity index (χ0) is 27.8. The fourth-order valence-electron chi connectivity index (χ4n) is 5.54. The summed E-state index contributed by atoms with van der Waals surface area (Å²) in [6, 6.07) is 1.51. The summed E-state index contributed by atoms with van der Waals surface area (Å²) in [6.07, 6.45) is 4.23. The molecule has 0 bridgehead atoms. The van der Waals surface area contributed by atoms with Crippen molar-refractivity contribution in [3.8, 4) is 0 Å². The van der Waals surface area contributed by atoms with Crippen molar-refractivity contribution in [1.82, 2.24) is 24.4 Å². The van der Waals surface area contributed by atoms with Crippen molar-refractivity contribution in [2.24, 2.45) is 11.7 Å². The van der Waals surface area contributed by atoms with Gasteiger partial charge in [0.1, 0.15) is 17.0 Å². The Morgan fingerprint density at radius 1 is 1.15 bits per heavy atom. The number of anilines is 3. The average molecular weight is 563 g/mol. The number of piperidine rings is 1. The van der Waals surface area contributed by atoms with Crippen LogP contribution in [-0.4, -0.2) is 60.2 Å². The predicted octanol–water partition coefficient (Wildman–Crippen LogP) is 4.66. The van der Waals surface area contributed by atoms with E-state index in [0.29, 0.717) is 49.8 Å². The van der Waals surface area contributed by atoms with Crippen LogP contribution in [0.5, 0.6) is 0 Å². The molecule has 1 saturated carbocycles. The number of likely N-dealkylation sites (tertiary alicyclic amines) is 1. The zero-order valence-corrected chi connectivity index (χ0v) is 22.0. The number of carbonyl (C=O) groups excluding carboxylic acids is 1. The van der Waals surface area contributed by atoms with Crippen LogP contribution in [0.2, 0.25) is 5.02 Å². The van der Waals surface area contributed by atoms with Crippen molar-refractivity contribution in [3.05, 3.63) is 35.0 Å². The molecule has 2 fully saturated rings. The van der Waals surface area contributed by atoms with E-state index in [1.807, 2.05) is 6.92 Å². The number of hydrogen-bond acceptors (Lipinski definition) is 7. The minimum Gasteiger partial charge on any atom is -0.465 e. The highest BCUT2D eigenvalue weighted by Crippen LogP contribution is 2.38. The first kappa shape index (κ1) is 26.9. The lowest BCUT2D eigenvalue weighted by Gasteiger charge is -2.37. The fourth-order valence-corrected chi connectivity index (χ4v) is 5.70. The van der Waals surface area contributed by atoms with E-state index in [0.717, 1.165) is 18.6 Å². The van der Waals surface area contributed by atoms with Crippen LogP contribution in [0.3, 0.4) is 0 Å². The standard InChI is InChI=1S/C25H29ClF2N8O3/c1-12-17(3-2-10-35(12)25(38)39)31-23-30-11-18-22(34-23)36(14-6-4-13(5-7-14)21(29)37)24(32-18)33-20-16(27)9-8-15(26)19(20)28/h8-9,11-14,17H,2-7,10H2,1H3,(H2,29,37)(H,32,33)(H,38,39)(H,30,31,34). The number of nitrogens with one attached hydrogen (secondary N) is 2. The molecule has 39 heavy (non-hydrogen) atoms. The Bertz CT molecular complexity index is 1410. The minimum atomic E-state index is -0.980. The molecule has 5 rings (SSSR count). The van der Waals surface area contributed by atoms with E-state index < -0.39 is 23.4 Å². The molecule has 2 aliphatic rings. The monoisotopic (exact) mass is 562 g/mol. The third kappa shape index (κ3) is 5.27. The van der Waals surface area contributed by atoms with Crippen molar-refractivity contribution in [2.75, 3.05) is 17.2 Å². The van der Waals surface area contributed by atoms with E-state index in [1.165, 1.54) is 11.1 Å². The molecule has 1 aliphatic heterocycles.